The molecule has 21 heavy (non-hydrogen) atoms. The average Bonchev–Trinajstić information content (AvgIpc) is 2.90. The number of nitrogens with zero attached hydrogens (tertiary/aromatic N) is 3. The van der Waals surface area contributed by atoms with Gasteiger partial charge < -0.3 is 10.6 Å². The maximum absolute atomic E-state index is 12.6. The second kappa shape index (κ2) is 6.03. The number of rotatable bonds is 3. The van der Waals surface area contributed by atoms with Gasteiger partial charge in [-0.3, -0.25) is 4.79 Å². The Labute approximate surface area is 131 Å². The van der Waals surface area contributed by atoms with Crippen LogP contribution in [0, 0.1) is 0 Å². The van der Waals surface area contributed by atoms with E-state index in [-0.39, 0.29) is 11.9 Å². The van der Waals surface area contributed by atoms with Crippen molar-refractivity contribution in [2.45, 2.75) is 30.1 Å². The fourth-order valence-corrected chi connectivity index (χ4v) is 4.04. The Morgan fingerprint density at radius 3 is 3.05 bits per heavy atom. The van der Waals surface area contributed by atoms with Crippen LogP contribution in [0.5, 0.6) is 0 Å². The second-order valence-corrected chi connectivity index (χ2v) is 7.21. The lowest BCUT2D eigenvalue weighted by molar-refractivity contribution is -0.116. The van der Waals surface area contributed by atoms with Gasteiger partial charge in [-0.2, -0.15) is 0 Å². The van der Waals surface area contributed by atoms with E-state index in [1.54, 1.807) is 0 Å². The topological polar surface area (TPSA) is 72.1 Å². The molecule has 2 N–H and O–H groups in total. The maximum atomic E-state index is 12.6. The molecule has 3 rings (SSSR count). The highest BCUT2D eigenvalue weighted by Crippen LogP contribution is 2.32. The van der Waals surface area contributed by atoms with E-state index in [0.29, 0.717) is 10.9 Å². The second-order valence-electron chi connectivity index (χ2n) is 4.98. The number of fused-ring (bicyclic) bond motifs is 1. The zero-order valence-corrected chi connectivity index (χ0v) is 13.3. The monoisotopic (exact) mass is 320 g/mol. The summed E-state index contributed by atoms with van der Waals surface area (Å²) in [4.78, 5) is 14.5. The molecule has 0 spiro atoms. The molecule has 0 radical (unpaired) electrons. The summed E-state index contributed by atoms with van der Waals surface area (Å²) < 4.78 is 0.735. The van der Waals surface area contributed by atoms with Crippen LogP contribution < -0.4 is 10.6 Å². The Hall–Kier alpha value is -1.60. The summed E-state index contributed by atoms with van der Waals surface area (Å²) in [7, 11) is 0. The first-order chi connectivity index (χ1) is 10.1. The number of carbonyl (C=O) groups is 1. The summed E-state index contributed by atoms with van der Waals surface area (Å²) in [6.45, 7) is 2.10. The molecule has 0 saturated carbocycles. The molecule has 1 aliphatic rings. The highest BCUT2D eigenvalue weighted by atomic mass is 32.2. The standard InChI is InChI=1S/C14H16N4OS2/c1-9-6-7-10-4-2-3-5-11(10)18(9)12(19)8-20-14-17-16-13(15)21-14/h2-5,9H,6-8H2,1H3,(H2,15,16)/t9-/m1/s1. The van der Waals surface area contributed by atoms with Crippen molar-refractivity contribution in [1.82, 2.24) is 10.2 Å². The lowest BCUT2D eigenvalue weighted by Crippen LogP contribution is -2.43. The minimum absolute atomic E-state index is 0.105. The fraction of sp³-hybridized carbons (Fsp3) is 0.357. The van der Waals surface area contributed by atoms with Crippen molar-refractivity contribution in [2.75, 3.05) is 16.4 Å². The molecule has 0 fully saturated rings. The van der Waals surface area contributed by atoms with Gasteiger partial charge in [-0.1, -0.05) is 41.3 Å². The average molecular weight is 320 g/mol. The number of carbonyl (C=O) groups excluding carboxylic acids is 1. The van der Waals surface area contributed by atoms with Crippen LogP contribution in [-0.2, 0) is 11.2 Å². The predicted molar refractivity (Wildman–Crippen MR) is 86.8 cm³/mol. The Balaban J connectivity index is 1.74. The molecule has 0 aliphatic carbocycles. The van der Waals surface area contributed by atoms with Gasteiger partial charge in [-0.25, -0.2) is 0 Å². The van der Waals surface area contributed by atoms with Crippen LogP contribution in [0.1, 0.15) is 18.9 Å². The minimum Gasteiger partial charge on any atom is -0.374 e. The lowest BCUT2D eigenvalue weighted by atomic mass is 9.97. The Kier molecular flexibility index (Phi) is 4.12. The van der Waals surface area contributed by atoms with Crippen LogP contribution in [-0.4, -0.2) is 27.9 Å². The molecule has 110 valence electrons. The summed E-state index contributed by atoms with van der Waals surface area (Å²) in [5, 5.41) is 8.12. The number of aryl methyl sites for hydroxylation is 1. The van der Waals surface area contributed by atoms with Crippen LogP contribution in [0.4, 0.5) is 10.8 Å². The van der Waals surface area contributed by atoms with E-state index < -0.39 is 0 Å². The van der Waals surface area contributed by atoms with Crippen molar-refractivity contribution in [3.05, 3.63) is 29.8 Å². The van der Waals surface area contributed by atoms with E-state index in [9.17, 15) is 4.79 Å². The van der Waals surface area contributed by atoms with Crippen LogP contribution in [0.15, 0.2) is 28.6 Å². The summed E-state index contributed by atoms with van der Waals surface area (Å²) in [5.74, 6) is 0.459. The van der Waals surface area contributed by atoms with E-state index in [4.69, 9.17) is 5.73 Å². The number of benzene rings is 1. The summed E-state index contributed by atoms with van der Waals surface area (Å²) in [6, 6.07) is 8.36. The van der Waals surface area contributed by atoms with Crippen LogP contribution >= 0.6 is 23.1 Å². The van der Waals surface area contributed by atoms with Gasteiger partial charge in [0.05, 0.1) is 5.75 Å². The van der Waals surface area contributed by atoms with Crippen molar-refractivity contribution >= 4 is 39.8 Å². The fourth-order valence-electron chi connectivity index (χ4n) is 2.54. The number of hydrogen-bond donors (Lipinski definition) is 1. The zero-order valence-electron chi connectivity index (χ0n) is 11.7. The SMILES string of the molecule is C[C@@H]1CCc2ccccc2N1C(=O)CSc1nnc(N)s1. The molecule has 0 unspecified atom stereocenters. The molecule has 1 atom stereocenters. The van der Waals surface area contributed by atoms with Crippen molar-refractivity contribution in [3.63, 3.8) is 0 Å². The lowest BCUT2D eigenvalue weighted by Gasteiger charge is -2.35. The van der Waals surface area contributed by atoms with Crippen molar-refractivity contribution < 1.29 is 4.79 Å². The molecule has 1 aromatic heterocycles. The number of amides is 1. The van der Waals surface area contributed by atoms with Gasteiger partial charge in [0.15, 0.2) is 4.34 Å². The van der Waals surface area contributed by atoms with Gasteiger partial charge in [-0.15, -0.1) is 10.2 Å². The van der Waals surface area contributed by atoms with Crippen molar-refractivity contribution in [3.8, 4) is 0 Å². The number of anilines is 2. The predicted octanol–water partition coefficient (Wildman–Crippen LogP) is 2.58. The van der Waals surface area contributed by atoms with Gasteiger partial charge in [0.25, 0.3) is 0 Å². The summed E-state index contributed by atoms with van der Waals surface area (Å²) in [6.07, 6.45) is 2.03. The van der Waals surface area contributed by atoms with Crippen LogP contribution in [0.25, 0.3) is 0 Å². The first-order valence-corrected chi connectivity index (χ1v) is 8.57. The molecule has 1 aliphatic heterocycles. The molecule has 2 heterocycles. The summed E-state index contributed by atoms with van der Waals surface area (Å²) >= 11 is 2.70. The summed E-state index contributed by atoms with van der Waals surface area (Å²) in [5.41, 5.74) is 7.83. The molecule has 1 amide bonds. The highest BCUT2D eigenvalue weighted by Gasteiger charge is 2.27. The van der Waals surface area contributed by atoms with Gasteiger partial charge in [-0.05, 0) is 31.4 Å². The zero-order chi connectivity index (χ0) is 14.8. The Bertz CT molecular complexity index is 658. The van der Waals surface area contributed by atoms with Gasteiger partial charge in [0, 0.05) is 11.7 Å². The molecular formula is C14H16N4OS2. The van der Waals surface area contributed by atoms with Gasteiger partial charge in [0.1, 0.15) is 0 Å². The largest absolute Gasteiger partial charge is 0.374 e. The van der Waals surface area contributed by atoms with E-state index in [1.165, 1.54) is 28.7 Å². The first kappa shape index (κ1) is 14.3. The molecule has 2 aromatic rings. The van der Waals surface area contributed by atoms with Crippen molar-refractivity contribution in [1.29, 1.82) is 0 Å². The number of thioether (sulfide) groups is 1. The number of nitrogen functional groups attached to an aromatic ring is 1. The number of hydrogen-bond acceptors (Lipinski definition) is 6. The molecule has 0 saturated heterocycles. The minimum atomic E-state index is 0.105. The number of nitrogens with two attached hydrogens (primary N) is 1. The highest BCUT2D eigenvalue weighted by molar-refractivity contribution is 8.01. The van der Waals surface area contributed by atoms with E-state index >= 15 is 0 Å². The molecule has 0 bridgehead atoms. The normalized spacial score (nSPS) is 17.6. The quantitative estimate of drug-likeness (QED) is 0.880. The third-order valence-electron chi connectivity index (χ3n) is 3.53. The van der Waals surface area contributed by atoms with Crippen LogP contribution in [0.3, 0.4) is 0 Å². The van der Waals surface area contributed by atoms with E-state index in [0.717, 1.165) is 22.9 Å². The Morgan fingerprint density at radius 1 is 1.48 bits per heavy atom. The molecule has 7 heteroatoms. The molecular weight excluding hydrogens is 304 g/mol. The third-order valence-corrected chi connectivity index (χ3v) is 5.40. The Morgan fingerprint density at radius 2 is 2.29 bits per heavy atom. The van der Waals surface area contributed by atoms with E-state index in [1.807, 2.05) is 23.1 Å². The van der Waals surface area contributed by atoms with Crippen LogP contribution in [0.2, 0.25) is 0 Å². The smallest absolute Gasteiger partial charge is 0.237 e. The number of aromatic nitrogens is 2. The van der Waals surface area contributed by atoms with E-state index in [2.05, 4.69) is 23.2 Å². The van der Waals surface area contributed by atoms with Crippen molar-refractivity contribution in [2.24, 2.45) is 0 Å². The molecule has 5 nitrogen and oxygen atoms in total. The van der Waals surface area contributed by atoms with Gasteiger partial charge >= 0.3 is 0 Å². The maximum Gasteiger partial charge on any atom is 0.237 e. The first-order valence-electron chi connectivity index (χ1n) is 6.77. The third kappa shape index (κ3) is 3.03. The van der Waals surface area contributed by atoms with Gasteiger partial charge in [0.2, 0.25) is 11.0 Å². The number of para-hydroxylation sites is 1. The molecule has 1 aromatic carbocycles.